The number of urea groups is 1. The highest BCUT2D eigenvalue weighted by atomic mass is 16.5. The second kappa shape index (κ2) is 9.28. The molecule has 3 amide bonds. The number of aryl methyl sites for hydroxylation is 1. The molecule has 7 heteroatoms. The van der Waals surface area contributed by atoms with Crippen LogP contribution in [0.1, 0.15) is 24.0 Å². The molecule has 1 atom stereocenters. The van der Waals surface area contributed by atoms with Gasteiger partial charge in [0.25, 0.3) is 0 Å². The summed E-state index contributed by atoms with van der Waals surface area (Å²) in [7, 11) is 3.69. The van der Waals surface area contributed by atoms with Gasteiger partial charge >= 0.3 is 6.03 Å². The van der Waals surface area contributed by atoms with E-state index in [0.29, 0.717) is 32.7 Å². The van der Waals surface area contributed by atoms with Crippen LogP contribution in [0.2, 0.25) is 0 Å². The highest BCUT2D eigenvalue weighted by Crippen LogP contribution is 2.19. The van der Waals surface area contributed by atoms with E-state index in [0.717, 1.165) is 42.7 Å². The summed E-state index contributed by atoms with van der Waals surface area (Å²) < 4.78 is 5.35. The quantitative estimate of drug-likeness (QED) is 0.830. The number of carbonyl (C=O) groups excluding carboxylic acids is 2. The minimum Gasteiger partial charge on any atom is -0.496 e. The molecule has 2 fully saturated rings. The van der Waals surface area contributed by atoms with Crippen LogP contribution in [-0.2, 0) is 11.2 Å². The molecule has 7 nitrogen and oxygen atoms in total. The molecule has 3 rings (SSSR count). The Morgan fingerprint density at radius 2 is 1.86 bits per heavy atom. The molecule has 2 aliphatic heterocycles. The van der Waals surface area contributed by atoms with Crippen LogP contribution >= 0.6 is 0 Å². The summed E-state index contributed by atoms with van der Waals surface area (Å²) in [6.45, 7) is 6.00. The van der Waals surface area contributed by atoms with Crippen molar-refractivity contribution in [1.29, 1.82) is 0 Å². The van der Waals surface area contributed by atoms with E-state index >= 15 is 0 Å². The van der Waals surface area contributed by atoms with Gasteiger partial charge in [0.15, 0.2) is 0 Å². The molecule has 0 radical (unpaired) electrons. The van der Waals surface area contributed by atoms with Crippen molar-refractivity contribution in [2.75, 3.05) is 53.4 Å². The third-order valence-electron chi connectivity index (χ3n) is 5.85. The van der Waals surface area contributed by atoms with Crippen molar-refractivity contribution in [2.45, 2.75) is 32.2 Å². The smallest absolute Gasteiger partial charge is 0.317 e. The first-order valence-electron chi connectivity index (χ1n) is 10.1. The number of hydrogen-bond acceptors (Lipinski definition) is 4. The van der Waals surface area contributed by atoms with Crippen molar-refractivity contribution in [1.82, 2.24) is 20.0 Å². The second-order valence-corrected chi connectivity index (χ2v) is 7.74. The Kier molecular flexibility index (Phi) is 6.78. The van der Waals surface area contributed by atoms with E-state index in [-0.39, 0.29) is 18.0 Å². The molecule has 28 heavy (non-hydrogen) atoms. The third-order valence-corrected chi connectivity index (χ3v) is 5.85. The van der Waals surface area contributed by atoms with Gasteiger partial charge in [-0.1, -0.05) is 12.1 Å². The maximum atomic E-state index is 12.6. The van der Waals surface area contributed by atoms with Crippen LogP contribution in [-0.4, -0.2) is 86.1 Å². The molecule has 0 aliphatic carbocycles. The molecular weight excluding hydrogens is 356 g/mol. The monoisotopic (exact) mass is 388 g/mol. The lowest BCUT2D eigenvalue weighted by Gasteiger charge is -2.36. The fraction of sp³-hybridized carbons (Fsp3) is 0.619. The Balaban J connectivity index is 1.41. The van der Waals surface area contributed by atoms with E-state index in [1.54, 1.807) is 12.0 Å². The number of ether oxygens (including phenoxy) is 1. The van der Waals surface area contributed by atoms with Crippen LogP contribution in [0, 0.1) is 6.92 Å². The number of hydrogen-bond donors (Lipinski definition) is 1. The second-order valence-electron chi connectivity index (χ2n) is 7.74. The maximum absolute atomic E-state index is 12.6. The SMILES string of the molecule is COc1cc(CCNC(=O)N2CCN(C(=O)C3CCCN3C)CC2)ccc1C. The molecular formula is C21H32N4O3. The lowest BCUT2D eigenvalue weighted by molar-refractivity contribution is -0.137. The van der Waals surface area contributed by atoms with Gasteiger partial charge < -0.3 is 19.9 Å². The van der Waals surface area contributed by atoms with Gasteiger partial charge in [-0.3, -0.25) is 9.69 Å². The summed E-state index contributed by atoms with van der Waals surface area (Å²) in [6.07, 6.45) is 2.79. The van der Waals surface area contributed by atoms with Gasteiger partial charge in [-0.25, -0.2) is 4.79 Å². The van der Waals surface area contributed by atoms with Crippen LogP contribution in [0.25, 0.3) is 0 Å². The molecule has 1 aromatic rings. The van der Waals surface area contributed by atoms with E-state index in [9.17, 15) is 9.59 Å². The van der Waals surface area contributed by atoms with Crippen LogP contribution in [0.3, 0.4) is 0 Å². The summed E-state index contributed by atoms with van der Waals surface area (Å²) in [5.74, 6) is 1.09. The molecule has 0 bridgehead atoms. The van der Waals surface area contributed by atoms with Crippen molar-refractivity contribution in [3.63, 3.8) is 0 Å². The molecule has 1 aromatic carbocycles. The molecule has 1 unspecified atom stereocenters. The zero-order valence-electron chi connectivity index (χ0n) is 17.2. The topological polar surface area (TPSA) is 65.1 Å². The Labute approximate surface area is 167 Å². The van der Waals surface area contributed by atoms with Crippen LogP contribution < -0.4 is 10.1 Å². The lowest BCUT2D eigenvalue weighted by Crippen LogP contribution is -2.56. The number of likely N-dealkylation sites (tertiary alicyclic amines) is 1. The molecule has 2 saturated heterocycles. The number of likely N-dealkylation sites (N-methyl/N-ethyl adjacent to an activating group) is 1. The van der Waals surface area contributed by atoms with Crippen molar-refractivity contribution < 1.29 is 14.3 Å². The molecule has 0 aromatic heterocycles. The van der Waals surface area contributed by atoms with Crippen LogP contribution in [0.15, 0.2) is 18.2 Å². The fourth-order valence-corrected chi connectivity index (χ4v) is 4.01. The first-order chi connectivity index (χ1) is 13.5. The summed E-state index contributed by atoms with van der Waals surface area (Å²) >= 11 is 0. The summed E-state index contributed by atoms with van der Waals surface area (Å²) in [5.41, 5.74) is 2.24. The molecule has 154 valence electrons. The Morgan fingerprint density at radius 3 is 2.50 bits per heavy atom. The van der Waals surface area contributed by atoms with E-state index in [4.69, 9.17) is 4.74 Å². The van der Waals surface area contributed by atoms with Crippen molar-refractivity contribution in [2.24, 2.45) is 0 Å². The number of nitrogens with zero attached hydrogens (tertiary/aromatic N) is 3. The highest BCUT2D eigenvalue weighted by molar-refractivity contribution is 5.82. The van der Waals surface area contributed by atoms with Gasteiger partial charge in [0.05, 0.1) is 13.2 Å². The van der Waals surface area contributed by atoms with Gasteiger partial charge in [-0.2, -0.15) is 0 Å². The largest absolute Gasteiger partial charge is 0.496 e. The first kappa shape index (κ1) is 20.5. The van der Waals surface area contributed by atoms with Crippen molar-refractivity contribution >= 4 is 11.9 Å². The summed E-state index contributed by atoms with van der Waals surface area (Å²) in [5, 5.41) is 2.99. The van der Waals surface area contributed by atoms with E-state index in [1.807, 2.05) is 31.0 Å². The van der Waals surface area contributed by atoms with Crippen molar-refractivity contribution in [3.05, 3.63) is 29.3 Å². The number of methoxy groups -OCH3 is 1. The first-order valence-corrected chi connectivity index (χ1v) is 10.1. The number of piperazine rings is 1. The van der Waals surface area contributed by atoms with E-state index in [2.05, 4.69) is 16.3 Å². The van der Waals surface area contributed by atoms with Crippen LogP contribution in [0.4, 0.5) is 4.79 Å². The van der Waals surface area contributed by atoms with Gasteiger partial charge in [0.2, 0.25) is 5.91 Å². The Morgan fingerprint density at radius 1 is 1.14 bits per heavy atom. The van der Waals surface area contributed by atoms with E-state index < -0.39 is 0 Å². The predicted octanol–water partition coefficient (Wildman–Crippen LogP) is 1.49. The van der Waals surface area contributed by atoms with Crippen molar-refractivity contribution in [3.8, 4) is 5.75 Å². The van der Waals surface area contributed by atoms with Crippen LogP contribution in [0.5, 0.6) is 5.75 Å². The minimum absolute atomic E-state index is 0.0203. The average Bonchev–Trinajstić information content (AvgIpc) is 3.14. The number of carbonyl (C=O) groups is 2. The number of amides is 3. The fourth-order valence-electron chi connectivity index (χ4n) is 4.01. The molecule has 1 N–H and O–H groups in total. The average molecular weight is 389 g/mol. The number of rotatable bonds is 5. The molecule has 0 spiro atoms. The highest BCUT2D eigenvalue weighted by Gasteiger charge is 2.33. The normalized spacial score (nSPS) is 20.3. The standard InChI is InChI=1S/C21H32N4O3/c1-16-6-7-17(15-19(16)28-3)8-9-22-21(27)25-13-11-24(12-14-25)20(26)18-5-4-10-23(18)2/h6-7,15,18H,4-5,8-14H2,1-3H3,(H,22,27). The molecule has 2 aliphatic rings. The Bertz CT molecular complexity index is 701. The van der Waals surface area contributed by atoms with E-state index in [1.165, 1.54) is 0 Å². The number of benzene rings is 1. The zero-order chi connectivity index (χ0) is 20.1. The summed E-state index contributed by atoms with van der Waals surface area (Å²) in [6, 6.07) is 6.09. The number of nitrogens with one attached hydrogen (secondary N) is 1. The zero-order valence-corrected chi connectivity index (χ0v) is 17.2. The molecule has 0 saturated carbocycles. The molecule has 2 heterocycles. The predicted molar refractivity (Wildman–Crippen MR) is 109 cm³/mol. The van der Waals surface area contributed by atoms with Gasteiger partial charge in [-0.15, -0.1) is 0 Å². The third kappa shape index (κ3) is 4.76. The van der Waals surface area contributed by atoms with Gasteiger partial charge in [-0.05, 0) is 57.0 Å². The Hall–Kier alpha value is -2.28. The maximum Gasteiger partial charge on any atom is 0.317 e. The summed E-state index contributed by atoms with van der Waals surface area (Å²) in [4.78, 5) is 30.9. The lowest BCUT2D eigenvalue weighted by atomic mass is 10.1. The minimum atomic E-state index is -0.0517. The van der Waals surface area contributed by atoms with Gasteiger partial charge in [0.1, 0.15) is 5.75 Å². The van der Waals surface area contributed by atoms with Gasteiger partial charge in [0, 0.05) is 32.7 Å².